The lowest BCUT2D eigenvalue weighted by atomic mass is 10.1. The van der Waals surface area contributed by atoms with Gasteiger partial charge >= 0.3 is 0 Å². The molecule has 1 aliphatic rings. The molecule has 1 aliphatic heterocycles. The Labute approximate surface area is 128 Å². The van der Waals surface area contributed by atoms with E-state index in [0.29, 0.717) is 11.1 Å². The fraction of sp³-hybridized carbons (Fsp3) is 0.111. The van der Waals surface area contributed by atoms with Crippen molar-refractivity contribution in [3.8, 4) is 0 Å². The third kappa shape index (κ3) is 2.69. The number of rotatable bonds is 4. The molecule has 110 valence electrons. The Morgan fingerprint density at radius 2 is 1.45 bits per heavy atom. The maximum absolute atomic E-state index is 12.2. The van der Waals surface area contributed by atoms with Gasteiger partial charge in [0.2, 0.25) is 0 Å². The molecule has 3 rings (SSSR count). The van der Waals surface area contributed by atoms with Gasteiger partial charge in [-0.3, -0.25) is 14.5 Å². The van der Waals surface area contributed by atoms with E-state index in [2.05, 4.69) is 0 Å². The summed E-state index contributed by atoms with van der Waals surface area (Å²) in [5.74, 6) is -0.708. The van der Waals surface area contributed by atoms with Crippen molar-refractivity contribution in [2.75, 3.05) is 6.54 Å². The van der Waals surface area contributed by atoms with Crippen molar-refractivity contribution in [1.29, 1.82) is 0 Å². The minimum atomic E-state index is -0.901. The molecule has 2 aromatic rings. The zero-order chi connectivity index (χ0) is 15.5. The first-order chi connectivity index (χ1) is 10.7. The number of hydrogen-bond donors (Lipinski definition) is 1. The van der Waals surface area contributed by atoms with Crippen LogP contribution in [0.5, 0.6) is 0 Å². The zero-order valence-corrected chi connectivity index (χ0v) is 11.8. The number of benzene rings is 2. The number of hydrogen-bond acceptors (Lipinski definition) is 3. The molecule has 0 saturated carbocycles. The average molecular weight is 293 g/mol. The molecule has 0 saturated heterocycles. The van der Waals surface area contributed by atoms with Crippen molar-refractivity contribution in [2.45, 2.75) is 6.10 Å². The van der Waals surface area contributed by atoms with Crippen LogP contribution in [-0.2, 0) is 0 Å². The van der Waals surface area contributed by atoms with Gasteiger partial charge < -0.3 is 5.11 Å². The molecule has 1 N–H and O–H groups in total. The standard InChI is InChI=1S/C18H15NO3/c20-14(11-10-13-6-2-1-3-7-13)12-19-17(21)15-8-4-5-9-16(15)18(19)22/h1-11,14,20H,12H2/b11-10+. The number of β-amino-alcohol motifs (C(OH)–C–C–N with tert-alkyl or cyclic N) is 1. The number of carbonyl (C=O) groups is 2. The van der Waals surface area contributed by atoms with Gasteiger partial charge in [0.15, 0.2) is 0 Å². The van der Waals surface area contributed by atoms with Crippen LogP contribution in [0.4, 0.5) is 0 Å². The molecule has 4 nitrogen and oxygen atoms in total. The van der Waals surface area contributed by atoms with E-state index in [1.807, 2.05) is 30.3 Å². The van der Waals surface area contributed by atoms with Crippen LogP contribution in [0.15, 0.2) is 60.7 Å². The summed E-state index contributed by atoms with van der Waals surface area (Å²) in [6, 6.07) is 16.2. The third-order valence-electron chi connectivity index (χ3n) is 3.56. The summed E-state index contributed by atoms with van der Waals surface area (Å²) in [4.78, 5) is 25.5. The lowest BCUT2D eigenvalue weighted by molar-refractivity contribution is 0.0586. The molecular weight excluding hydrogens is 278 g/mol. The molecular formula is C18H15NO3. The summed E-state index contributed by atoms with van der Waals surface area (Å²) in [5.41, 5.74) is 1.74. The van der Waals surface area contributed by atoms with E-state index >= 15 is 0 Å². The lowest BCUT2D eigenvalue weighted by Crippen LogP contribution is -2.36. The molecule has 0 spiro atoms. The maximum atomic E-state index is 12.2. The first-order valence-electron chi connectivity index (χ1n) is 7.03. The summed E-state index contributed by atoms with van der Waals surface area (Å²) in [7, 11) is 0. The highest BCUT2D eigenvalue weighted by Crippen LogP contribution is 2.22. The van der Waals surface area contributed by atoms with Gasteiger partial charge in [-0.05, 0) is 17.7 Å². The molecule has 1 unspecified atom stereocenters. The number of aliphatic hydroxyl groups excluding tert-OH is 1. The Kier molecular flexibility index (Phi) is 3.85. The maximum Gasteiger partial charge on any atom is 0.261 e. The number of nitrogens with zero attached hydrogens (tertiary/aromatic N) is 1. The normalized spacial score (nSPS) is 15.4. The second-order valence-electron chi connectivity index (χ2n) is 5.10. The molecule has 2 amide bonds. The van der Waals surface area contributed by atoms with Crippen LogP contribution in [-0.4, -0.2) is 34.5 Å². The first kappa shape index (κ1) is 14.2. The molecule has 0 bridgehead atoms. The van der Waals surface area contributed by atoms with Crippen molar-refractivity contribution < 1.29 is 14.7 Å². The van der Waals surface area contributed by atoms with Crippen LogP contribution >= 0.6 is 0 Å². The molecule has 0 aliphatic carbocycles. The topological polar surface area (TPSA) is 57.6 Å². The Hall–Kier alpha value is -2.72. The van der Waals surface area contributed by atoms with Gasteiger partial charge in [-0.2, -0.15) is 0 Å². The molecule has 0 radical (unpaired) electrons. The van der Waals surface area contributed by atoms with Crippen molar-refractivity contribution in [2.24, 2.45) is 0 Å². The van der Waals surface area contributed by atoms with Crippen molar-refractivity contribution in [3.05, 3.63) is 77.4 Å². The average Bonchev–Trinajstić information content (AvgIpc) is 2.79. The van der Waals surface area contributed by atoms with E-state index < -0.39 is 6.10 Å². The van der Waals surface area contributed by atoms with Gasteiger partial charge in [-0.25, -0.2) is 0 Å². The van der Waals surface area contributed by atoms with E-state index in [1.165, 1.54) is 0 Å². The molecule has 2 aromatic carbocycles. The third-order valence-corrected chi connectivity index (χ3v) is 3.56. The van der Waals surface area contributed by atoms with Crippen molar-refractivity contribution >= 4 is 17.9 Å². The Bertz CT molecular complexity index is 702. The van der Waals surface area contributed by atoms with E-state index in [1.54, 1.807) is 36.4 Å². The highest BCUT2D eigenvalue weighted by Gasteiger charge is 2.35. The fourth-order valence-electron chi connectivity index (χ4n) is 2.44. The SMILES string of the molecule is O=C1c2ccccc2C(=O)N1CC(O)/C=C/c1ccccc1. The summed E-state index contributed by atoms with van der Waals surface area (Å²) in [6.07, 6.45) is 2.45. The molecule has 1 heterocycles. The van der Waals surface area contributed by atoms with Crippen LogP contribution in [0, 0.1) is 0 Å². The van der Waals surface area contributed by atoms with Crippen LogP contribution in [0.25, 0.3) is 6.08 Å². The second-order valence-corrected chi connectivity index (χ2v) is 5.10. The minimum Gasteiger partial charge on any atom is -0.387 e. The summed E-state index contributed by atoms with van der Waals surface area (Å²) < 4.78 is 0. The number of imide groups is 1. The van der Waals surface area contributed by atoms with Gasteiger partial charge in [0, 0.05) is 0 Å². The van der Waals surface area contributed by atoms with E-state index in [4.69, 9.17) is 0 Å². The van der Waals surface area contributed by atoms with E-state index in [0.717, 1.165) is 10.5 Å². The van der Waals surface area contributed by atoms with Gasteiger partial charge in [0.05, 0.1) is 23.8 Å². The molecule has 4 heteroatoms. The van der Waals surface area contributed by atoms with Crippen LogP contribution < -0.4 is 0 Å². The van der Waals surface area contributed by atoms with Crippen LogP contribution in [0.3, 0.4) is 0 Å². The quantitative estimate of drug-likeness (QED) is 0.880. The Morgan fingerprint density at radius 3 is 2.05 bits per heavy atom. The summed E-state index contributed by atoms with van der Waals surface area (Å²) in [6.45, 7) is -0.0460. The number of aliphatic hydroxyl groups is 1. The predicted molar refractivity (Wildman–Crippen MR) is 83.3 cm³/mol. The van der Waals surface area contributed by atoms with Gasteiger partial charge in [0.25, 0.3) is 11.8 Å². The summed E-state index contributed by atoms with van der Waals surface area (Å²) >= 11 is 0. The zero-order valence-electron chi connectivity index (χ0n) is 11.8. The van der Waals surface area contributed by atoms with Gasteiger partial charge in [0.1, 0.15) is 0 Å². The number of amides is 2. The molecule has 22 heavy (non-hydrogen) atoms. The Balaban J connectivity index is 1.71. The van der Waals surface area contributed by atoms with Crippen LogP contribution in [0.2, 0.25) is 0 Å². The van der Waals surface area contributed by atoms with E-state index in [9.17, 15) is 14.7 Å². The molecule has 0 aromatic heterocycles. The highest BCUT2D eigenvalue weighted by molar-refractivity contribution is 6.21. The van der Waals surface area contributed by atoms with Gasteiger partial charge in [-0.1, -0.05) is 54.6 Å². The predicted octanol–water partition coefficient (Wildman–Crippen LogP) is 2.36. The highest BCUT2D eigenvalue weighted by atomic mass is 16.3. The van der Waals surface area contributed by atoms with Crippen molar-refractivity contribution in [1.82, 2.24) is 4.90 Å². The fourth-order valence-corrected chi connectivity index (χ4v) is 2.44. The molecule has 1 atom stereocenters. The van der Waals surface area contributed by atoms with Crippen LogP contribution in [0.1, 0.15) is 26.3 Å². The number of fused-ring (bicyclic) bond motifs is 1. The molecule has 0 fully saturated rings. The van der Waals surface area contributed by atoms with Crippen molar-refractivity contribution in [3.63, 3.8) is 0 Å². The smallest absolute Gasteiger partial charge is 0.261 e. The largest absolute Gasteiger partial charge is 0.387 e. The summed E-state index contributed by atoms with van der Waals surface area (Å²) in [5, 5.41) is 10.1. The van der Waals surface area contributed by atoms with E-state index in [-0.39, 0.29) is 18.4 Å². The Morgan fingerprint density at radius 1 is 0.909 bits per heavy atom. The first-order valence-corrected chi connectivity index (χ1v) is 7.03. The lowest BCUT2D eigenvalue weighted by Gasteiger charge is -2.16. The monoisotopic (exact) mass is 293 g/mol. The second kappa shape index (κ2) is 5.95. The number of carbonyl (C=O) groups excluding carboxylic acids is 2. The van der Waals surface area contributed by atoms with Gasteiger partial charge in [-0.15, -0.1) is 0 Å². The minimum absolute atomic E-state index is 0.0460.